The Morgan fingerprint density at radius 2 is 1.95 bits per heavy atom. The third kappa shape index (κ3) is 4.15. The Balaban J connectivity index is 1.72. The van der Waals surface area contributed by atoms with Gasteiger partial charge in [-0.3, -0.25) is 14.4 Å². The molecule has 1 aliphatic rings. The predicted octanol–water partition coefficient (Wildman–Crippen LogP) is 1.31. The molecule has 1 N–H and O–H groups in total. The first kappa shape index (κ1) is 15.2. The molecular weight excluding hydrogens is 268 g/mol. The SMILES string of the molecule is Cc1ccc(C(=O)C(=O)NCCCN2CCCC2=O)cc1. The van der Waals surface area contributed by atoms with Gasteiger partial charge in [-0.25, -0.2) is 0 Å². The molecule has 112 valence electrons. The lowest BCUT2D eigenvalue weighted by Crippen LogP contribution is -2.34. The average Bonchev–Trinajstić information content (AvgIpc) is 2.89. The number of ketones is 1. The van der Waals surface area contributed by atoms with Gasteiger partial charge in [-0.05, 0) is 19.8 Å². The Labute approximate surface area is 124 Å². The molecule has 2 rings (SSSR count). The van der Waals surface area contributed by atoms with Crippen LogP contribution in [0.25, 0.3) is 0 Å². The molecular formula is C16H20N2O3. The van der Waals surface area contributed by atoms with E-state index in [2.05, 4.69) is 5.32 Å². The molecule has 1 fully saturated rings. The van der Waals surface area contributed by atoms with Crippen LogP contribution in [0, 0.1) is 6.92 Å². The van der Waals surface area contributed by atoms with Gasteiger partial charge in [0.2, 0.25) is 11.7 Å². The second-order valence-corrected chi connectivity index (χ2v) is 5.29. The molecule has 0 aromatic heterocycles. The highest BCUT2D eigenvalue weighted by Gasteiger charge is 2.19. The van der Waals surface area contributed by atoms with Gasteiger partial charge < -0.3 is 10.2 Å². The van der Waals surface area contributed by atoms with Crippen LogP contribution in [0.2, 0.25) is 0 Å². The number of nitrogens with zero attached hydrogens (tertiary/aromatic N) is 1. The fourth-order valence-electron chi connectivity index (χ4n) is 2.33. The van der Waals surface area contributed by atoms with Crippen LogP contribution in [0.4, 0.5) is 0 Å². The summed E-state index contributed by atoms with van der Waals surface area (Å²) in [6.07, 6.45) is 2.20. The first-order valence-corrected chi connectivity index (χ1v) is 7.25. The minimum Gasteiger partial charge on any atom is -0.349 e. The van der Waals surface area contributed by atoms with Crippen LogP contribution in [0.15, 0.2) is 24.3 Å². The van der Waals surface area contributed by atoms with E-state index in [1.54, 1.807) is 29.2 Å². The van der Waals surface area contributed by atoms with Gasteiger partial charge in [0, 0.05) is 31.6 Å². The van der Waals surface area contributed by atoms with Crippen molar-refractivity contribution in [2.24, 2.45) is 0 Å². The summed E-state index contributed by atoms with van der Waals surface area (Å²) in [5.41, 5.74) is 1.44. The zero-order valence-electron chi connectivity index (χ0n) is 12.2. The third-order valence-corrected chi connectivity index (χ3v) is 3.58. The second-order valence-electron chi connectivity index (χ2n) is 5.29. The summed E-state index contributed by atoms with van der Waals surface area (Å²) in [5.74, 6) is -0.934. The van der Waals surface area contributed by atoms with Crippen molar-refractivity contribution in [1.82, 2.24) is 10.2 Å². The van der Waals surface area contributed by atoms with Crippen LogP contribution < -0.4 is 5.32 Å². The van der Waals surface area contributed by atoms with E-state index in [1.165, 1.54) is 0 Å². The number of nitrogens with one attached hydrogen (secondary N) is 1. The van der Waals surface area contributed by atoms with Gasteiger partial charge in [-0.2, -0.15) is 0 Å². The van der Waals surface area contributed by atoms with Crippen molar-refractivity contribution in [2.45, 2.75) is 26.2 Å². The molecule has 1 heterocycles. The van der Waals surface area contributed by atoms with Crippen molar-refractivity contribution in [2.75, 3.05) is 19.6 Å². The number of likely N-dealkylation sites (tertiary alicyclic amines) is 1. The molecule has 21 heavy (non-hydrogen) atoms. The molecule has 1 aromatic rings. The van der Waals surface area contributed by atoms with Crippen LogP contribution in [0.1, 0.15) is 35.2 Å². The molecule has 0 radical (unpaired) electrons. The zero-order chi connectivity index (χ0) is 15.2. The number of aryl methyl sites for hydroxylation is 1. The summed E-state index contributed by atoms with van der Waals surface area (Å²) in [6.45, 7) is 3.76. The Morgan fingerprint density at radius 3 is 2.57 bits per heavy atom. The molecule has 0 spiro atoms. The Bertz CT molecular complexity index is 537. The smallest absolute Gasteiger partial charge is 0.292 e. The summed E-state index contributed by atoms with van der Waals surface area (Å²) in [7, 11) is 0. The first-order valence-electron chi connectivity index (χ1n) is 7.25. The Morgan fingerprint density at radius 1 is 1.24 bits per heavy atom. The van der Waals surface area contributed by atoms with Gasteiger partial charge in [-0.15, -0.1) is 0 Å². The van der Waals surface area contributed by atoms with Crippen LogP contribution >= 0.6 is 0 Å². The van der Waals surface area contributed by atoms with Gasteiger partial charge in [0.25, 0.3) is 5.91 Å². The molecule has 5 nitrogen and oxygen atoms in total. The van der Waals surface area contributed by atoms with Crippen molar-refractivity contribution in [3.8, 4) is 0 Å². The highest BCUT2D eigenvalue weighted by atomic mass is 16.2. The molecule has 0 aliphatic carbocycles. The lowest BCUT2D eigenvalue weighted by atomic mass is 10.1. The first-order chi connectivity index (χ1) is 10.1. The van der Waals surface area contributed by atoms with Crippen molar-refractivity contribution in [3.05, 3.63) is 35.4 Å². The standard InChI is InChI=1S/C16H20N2O3/c1-12-5-7-13(8-6-12)15(20)16(21)17-9-3-11-18-10-2-4-14(18)19/h5-8H,2-4,9-11H2,1H3,(H,17,21). The lowest BCUT2D eigenvalue weighted by molar-refractivity contribution is -0.127. The van der Waals surface area contributed by atoms with E-state index >= 15 is 0 Å². The largest absolute Gasteiger partial charge is 0.349 e. The molecule has 5 heteroatoms. The van der Waals surface area contributed by atoms with Crippen molar-refractivity contribution in [3.63, 3.8) is 0 Å². The summed E-state index contributed by atoms with van der Waals surface area (Å²) in [4.78, 5) is 36.8. The number of carbonyl (C=O) groups is 3. The van der Waals surface area contributed by atoms with E-state index in [-0.39, 0.29) is 5.91 Å². The van der Waals surface area contributed by atoms with E-state index in [9.17, 15) is 14.4 Å². The molecule has 0 bridgehead atoms. The number of rotatable bonds is 6. The highest BCUT2D eigenvalue weighted by Crippen LogP contribution is 2.09. The van der Waals surface area contributed by atoms with Gasteiger partial charge in [0.05, 0.1) is 0 Å². The Hall–Kier alpha value is -2.17. The third-order valence-electron chi connectivity index (χ3n) is 3.58. The summed E-state index contributed by atoms with van der Waals surface area (Å²) in [5, 5.41) is 2.61. The van der Waals surface area contributed by atoms with Crippen LogP contribution in [0.3, 0.4) is 0 Å². The van der Waals surface area contributed by atoms with Gasteiger partial charge in [-0.1, -0.05) is 29.8 Å². The maximum Gasteiger partial charge on any atom is 0.292 e. The number of hydrogen-bond donors (Lipinski definition) is 1. The monoisotopic (exact) mass is 288 g/mol. The van der Waals surface area contributed by atoms with E-state index < -0.39 is 11.7 Å². The summed E-state index contributed by atoms with van der Waals surface area (Å²) >= 11 is 0. The lowest BCUT2D eigenvalue weighted by Gasteiger charge is -2.15. The number of carbonyl (C=O) groups excluding carboxylic acids is 3. The topological polar surface area (TPSA) is 66.5 Å². The summed E-state index contributed by atoms with van der Waals surface area (Å²) in [6, 6.07) is 6.92. The van der Waals surface area contributed by atoms with Gasteiger partial charge in [0.1, 0.15) is 0 Å². The minimum atomic E-state index is -0.591. The number of hydrogen-bond acceptors (Lipinski definition) is 3. The van der Waals surface area contributed by atoms with Crippen LogP contribution in [-0.4, -0.2) is 42.1 Å². The van der Waals surface area contributed by atoms with E-state index in [0.717, 1.165) is 18.5 Å². The van der Waals surface area contributed by atoms with Crippen LogP contribution in [0.5, 0.6) is 0 Å². The number of amides is 2. The van der Waals surface area contributed by atoms with Crippen molar-refractivity contribution < 1.29 is 14.4 Å². The minimum absolute atomic E-state index is 0.178. The van der Waals surface area contributed by atoms with E-state index in [4.69, 9.17) is 0 Å². The number of benzene rings is 1. The zero-order valence-corrected chi connectivity index (χ0v) is 12.2. The fraction of sp³-hybridized carbons (Fsp3) is 0.438. The maximum absolute atomic E-state index is 11.9. The van der Waals surface area contributed by atoms with Crippen molar-refractivity contribution in [1.29, 1.82) is 0 Å². The predicted molar refractivity (Wildman–Crippen MR) is 79.0 cm³/mol. The molecule has 1 saturated heterocycles. The molecule has 0 saturated carbocycles. The quantitative estimate of drug-likeness (QED) is 0.487. The maximum atomic E-state index is 11.9. The molecule has 2 amide bonds. The average molecular weight is 288 g/mol. The number of Topliss-reactive ketones (excluding diaryl/α,β-unsaturated/α-hetero) is 1. The normalized spacial score (nSPS) is 14.3. The van der Waals surface area contributed by atoms with E-state index in [0.29, 0.717) is 31.5 Å². The molecule has 0 atom stereocenters. The second kappa shape index (κ2) is 7.02. The van der Waals surface area contributed by atoms with Gasteiger partial charge in [0.15, 0.2) is 0 Å². The van der Waals surface area contributed by atoms with Gasteiger partial charge >= 0.3 is 0 Å². The summed E-state index contributed by atoms with van der Waals surface area (Å²) < 4.78 is 0. The molecule has 0 unspecified atom stereocenters. The molecule has 1 aromatic carbocycles. The van der Waals surface area contributed by atoms with Crippen molar-refractivity contribution >= 4 is 17.6 Å². The fourth-order valence-corrected chi connectivity index (χ4v) is 2.33. The highest BCUT2D eigenvalue weighted by molar-refractivity contribution is 6.42. The molecule has 1 aliphatic heterocycles. The Kier molecular flexibility index (Phi) is 5.09. The van der Waals surface area contributed by atoms with E-state index in [1.807, 2.05) is 6.92 Å². The van der Waals surface area contributed by atoms with Crippen LogP contribution in [-0.2, 0) is 9.59 Å².